The number of anilines is 2. The number of nitrogens with zero attached hydrogens (tertiary/aromatic N) is 2. The molecule has 0 radical (unpaired) electrons. The van der Waals surface area contributed by atoms with E-state index in [2.05, 4.69) is 63.0 Å². The fraction of sp³-hybridized carbons (Fsp3) is 0.235. The Kier molecular flexibility index (Phi) is 6.88. The molecule has 0 amide bonds. The average Bonchev–Trinajstić information content (AvgIpc) is 3.45. The van der Waals surface area contributed by atoms with E-state index in [0.717, 1.165) is 66.2 Å². The maximum absolute atomic E-state index is 6.39. The van der Waals surface area contributed by atoms with Crippen molar-refractivity contribution in [2.75, 3.05) is 11.5 Å². The zero-order valence-corrected chi connectivity index (χ0v) is 24.1. The molecule has 0 aliphatic carbocycles. The number of furan rings is 2. The number of hydrogen-bond acceptors (Lipinski definition) is 6. The Hall–Kier alpha value is -4.58. The van der Waals surface area contributed by atoms with E-state index < -0.39 is 0 Å². The molecule has 6 nitrogen and oxygen atoms in total. The summed E-state index contributed by atoms with van der Waals surface area (Å²) in [4.78, 5) is 8.58. The van der Waals surface area contributed by atoms with Crippen LogP contribution in [0, 0.1) is 0 Å². The standard InChI is InChI=1S/C17H20N2O.C17H16N2O.H2/c2*1-9(2)12-8-13-11-6-5-7-19-17(11)20-16(13)14(10(3)4)15(12)18;/h5-10H,18H2,1-4H3;5-8H,1,3,18H2,2,4H3;1H. The van der Waals surface area contributed by atoms with Crippen LogP contribution in [0.3, 0.4) is 0 Å². The van der Waals surface area contributed by atoms with E-state index in [9.17, 15) is 0 Å². The molecule has 4 heterocycles. The third-order valence-electron chi connectivity index (χ3n) is 7.32. The van der Waals surface area contributed by atoms with Crippen LogP contribution in [-0.2, 0) is 0 Å². The number of pyridine rings is 2. The summed E-state index contributed by atoms with van der Waals surface area (Å²) < 4.78 is 11.8. The summed E-state index contributed by atoms with van der Waals surface area (Å²) in [5.74, 6) is 0.704. The highest BCUT2D eigenvalue weighted by molar-refractivity contribution is 6.11. The third kappa shape index (κ3) is 4.39. The second-order valence-electron chi connectivity index (χ2n) is 11.0. The van der Waals surface area contributed by atoms with Crippen LogP contribution in [0.2, 0.25) is 0 Å². The van der Waals surface area contributed by atoms with Crippen LogP contribution < -0.4 is 11.5 Å². The molecule has 2 aromatic carbocycles. The Morgan fingerprint density at radius 1 is 0.750 bits per heavy atom. The summed E-state index contributed by atoms with van der Waals surface area (Å²) >= 11 is 0. The normalized spacial score (nSPS) is 11.6. The molecule has 4 N–H and O–H groups in total. The van der Waals surface area contributed by atoms with Crippen molar-refractivity contribution in [2.45, 2.75) is 53.4 Å². The molecule has 0 unspecified atom stereocenters. The first-order chi connectivity index (χ1) is 19.0. The molecule has 0 atom stereocenters. The van der Waals surface area contributed by atoms with Gasteiger partial charge in [0.25, 0.3) is 0 Å². The van der Waals surface area contributed by atoms with Crippen molar-refractivity contribution in [1.82, 2.24) is 9.97 Å². The van der Waals surface area contributed by atoms with Crippen molar-refractivity contribution >= 4 is 66.7 Å². The van der Waals surface area contributed by atoms with Gasteiger partial charge in [0.15, 0.2) is 0 Å². The molecule has 0 spiro atoms. The molecule has 40 heavy (non-hydrogen) atoms. The Bertz CT molecular complexity index is 1950. The smallest absolute Gasteiger partial charge is 0.227 e. The van der Waals surface area contributed by atoms with Crippen molar-refractivity contribution in [3.05, 3.63) is 84.2 Å². The summed E-state index contributed by atoms with van der Waals surface area (Å²) in [6.07, 6.45) is 3.47. The number of nitrogens with two attached hydrogens (primary N) is 2. The van der Waals surface area contributed by atoms with Crippen LogP contribution in [0.5, 0.6) is 0 Å². The van der Waals surface area contributed by atoms with Crippen LogP contribution in [0.1, 0.15) is 77.1 Å². The lowest BCUT2D eigenvalue weighted by molar-refractivity contribution is 0.643. The third-order valence-corrected chi connectivity index (χ3v) is 7.32. The maximum atomic E-state index is 6.39. The van der Waals surface area contributed by atoms with Gasteiger partial charge in [-0.3, -0.25) is 0 Å². The summed E-state index contributed by atoms with van der Waals surface area (Å²) in [6.45, 7) is 20.5. The van der Waals surface area contributed by atoms with E-state index >= 15 is 0 Å². The predicted molar refractivity (Wildman–Crippen MR) is 172 cm³/mol. The lowest BCUT2D eigenvalue weighted by atomic mass is 9.90. The number of rotatable bonds is 4. The summed E-state index contributed by atoms with van der Waals surface area (Å²) in [6, 6.07) is 12.1. The van der Waals surface area contributed by atoms with Crippen molar-refractivity contribution in [2.24, 2.45) is 0 Å². The Balaban J connectivity index is 0.000000184. The van der Waals surface area contributed by atoms with E-state index in [-0.39, 0.29) is 1.43 Å². The highest BCUT2D eigenvalue weighted by atomic mass is 16.3. The molecule has 4 aromatic heterocycles. The van der Waals surface area contributed by atoms with Crippen molar-refractivity contribution in [3.63, 3.8) is 0 Å². The molecule has 6 aromatic rings. The van der Waals surface area contributed by atoms with Gasteiger partial charge in [0.1, 0.15) is 11.2 Å². The number of nitrogen functional groups attached to an aromatic ring is 2. The van der Waals surface area contributed by atoms with Crippen LogP contribution in [0.4, 0.5) is 11.4 Å². The number of allylic oxidation sites excluding steroid dienone is 2. The second-order valence-corrected chi connectivity index (χ2v) is 11.0. The summed E-state index contributed by atoms with van der Waals surface area (Å²) in [7, 11) is 0. The Morgan fingerprint density at radius 3 is 1.80 bits per heavy atom. The highest BCUT2D eigenvalue weighted by Gasteiger charge is 2.21. The van der Waals surface area contributed by atoms with Crippen molar-refractivity contribution < 1.29 is 10.3 Å². The predicted octanol–water partition coefficient (Wildman–Crippen LogP) is 9.69. The van der Waals surface area contributed by atoms with Gasteiger partial charge in [-0.25, -0.2) is 9.97 Å². The molecular formula is C34H38N4O2. The minimum atomic E-state index is 0. The molecule has 0 aliphatic heterocycles. The summed E-state index contributed by atoms with van der Waals surface area (Å²) in [5, 5.41) is 4.16. The van der Waals surface area contributed by atoms with E-state index in [0.29, 0.717) is 29.0 Å². The summed E-state index contributed by atoms with van der Waals surface area (Å²) in [5.41, 5.74) is 23.0. The van der Waals surface area contributed by atoms with E-state index in [1.54, 1.807) is 12.4 Å². The first kappa shape index (κ1) is 27.0. The molecule has 6 rings (SSSR count). The van der Waals surface area contributed by atoms with Crippen LogP contribution >= 0.6 is 0 Å². The monoisotopic (exact) mass is 534 g/mol. The van der Waals surface area contributed by atoms with Gasteiger partial charge in [0, 0.05) is 57.7 Å². The van der Waals surface area contributed by atoms with Gasteiger partial charge >= 0.3 is 0 Å². The lowest BCUT2D eigenvalue weighted by Crippen LogP contribution is -2.03. The first-order valence-electron chi connectivity index (χ1n) is 13.5. The molecular weight excluding hydrogens is 496 g/mol. The maximum Gasteiger partial charge on any atom is 0.227 e. The SMILES string of the molecule is C=C(C)c1cc2c(oc3ncccc32)c(C(=C)C)c1N.CC(C)c1cc2c(oc3ncccc32)c(C(C)C)c1N.[HH]. The number of hydrogen-bond donors (Lipinski definition) is 2. The van der Waals surface area contributed by atoms with Crippen LogP contribution in [0.15, 0.2) is 70.8 Å². The molecule has 206 valence electrons. The van der Waals surface area contributed by atoms with E-state index in [1.807, 2.05) is 38.1 Å². The Labute approximate surface area is 235 Å². The van der Waals surface area contributed by atoms with Gasteiger partial charge in [0.2, 0.25) is 11.4 Å². The van der Waals surface area contributed by atoms with Gasteiger partial charge in [0.05, 0.1) is 5.69 Å². The van der Waals surface area contributed by atoms with Crippen LogP contribution in [0.25, 0.3) is 55.3 Å². The van der Waals surface area contributed by atoms with Crippen molar-refractivity contribution in [1.29, 1.82) is 0 Å². The topological polar surface area (TPSA) is 104 Å². The number of benzene rings is 2. The Morgan fingerprint density at radius 2 is 1.30 bits per heavy atom. The first-order valence-corrected chi connectivity index (χ1v) is 13.5. The van der Waals surface area contributed by atoms with Gasteiger partial charge < -0.3 is 20.3 Å². The highest BCUT2D eigenvalue weighted by Crippen LogP contribution is 2.41. The fourth-order valence-electron chi connectivity index (χ4n) is 5.39. The average molecular weight is 535 g/mol. The molecule has 0 bridgehead atoms. The second kappa shape index (κ2) is 10.2. The lowest BCUT2D eigenvalue weighted by Gasteiger charge is -2.16. The largest absolute Gasteiger partial charge is 0.437 e. The number of aromatic nitrogens is 2. The quantitative estimate of drug-likeness (QED) is 0.218. The minimum absolute atomic E-state index is 0. The molecule has 0 aliphatic rings. The molecule has 0 saturated heterocycles. The van der Waals surface area contributed by atoms with E-state index in [4.69, 9.17) is 20.3 Å². The molecule has 0 saturated carbocycles. The molecule has 6 heteroatoms. The zero-order chi connectivity index (χ0) is 28.9. The number of fused-ring (bicyclic) bond motifs is 6. The van der Waals surface area contributed by atoms with Gasteiger partial charge in [-0.2, -0.15) is 0 Å². The van der Waals surface area contributed by atoms with Gasteiger partial charge in [-0.15, -0.1) is 0 Å². The van der Waals surface area contributed by atoms with Crippen LogP contribution in [-0.4, -0.2) is 9.97 Å². The van der Waals surface area contributed by atoms with Gasteiger partial charge in [-0.05, 0) is 78.8 Å². The molecule has 0 fully saturated rings. The zero-order valence-electron chi connectivity index (χ0n) is 24.1. The van der Waals surface area contributed by atoms with E-state index in [1.165, 1.54) is 5.56 Å². The minimum Gasteiger partial charge on any atom is -0.437 e. The van der Waals surface area contributed by atoms with Gasteiger partial charge in [-0.1, -0.05) is 40.9 Å². The fourth-order valence-corrected chi connectivity index (χ4v) is 5.39. The van der Waals surface area contributed by atoms with Crippen molar-refractivity contribution in [3.8, 4) is 0 Å².